The van der Waals surface area contributed by atoms with Crippen LogP contribution in [0.2, 0.25) is 0 Å². The van der Waals surface area contributed by atoms with Crippen LogP contribution in [0.25, 0.3) is 0 Å². The van der Waals surface area contributed by atoms with Gasteiger partial charge in [0.25, 0.3) is 5.69 Å². The first-order chi connectivity index (χ1) is 9.85. The number of anilines is 1. The summed E-state index contributed by atoms with van der Waals surface area (Å²) in [5.74, 6) is -0.914. The smallest absolute Gasteiger partial charge is 0.337 e. The molecule has 0 fully saturated rings. The molecule has 0 unspecified atom stereocenters. The highest BCUT2D eigenvalue weighted by atomic mass is 16.6. The van der Waals surface area contributed by atoms with Gasteiger partial charge < -0.3 is 15.4 Å². The van der Waals surface area contributed by atoms with Crippen molar-refractivity contribution in [3.05, 3.63) is 33.9 Å². The van der Waals surface area contributed by atoms with E-state index < -0.39 is 10.9 Å². The molecule has 0 saturated heterocycles. The predicted molar refractivity (Wildman–Crippen MR) is 76.2 cm³/mol. The molecule has 0 aromatic heterocycles. The molecule has 1 aromatic rings. The maximum atomic E-state index is 11.5. The fraction of sp³-hybridized carbons (Fsp3) is 0.385. The number of ether oxygens (including phenoxy) is 1. The van der Waals surface area contributed by atoms with E-state index in [1.54, 1.807) is 13.8 Å². The van der Waals surface area contributed by atoms with Gasteiger partial charge in [0.05, 0.1) is 24.1 Å². The molecule has 1 rings (SSSR count). The SMILES string of the molecule is COC(=O)c1ccc([N+](=O)[O-])c(NCC(=O)NC(C)C)c1. The molecule has 21 heavy (non-hydrogen) atoms. The first-order valence-corrected chi connectivity index (χ1v) is 6.25. The van der Waals surface area contributed by atoms with Gasteiger partial charge in [-0.2, -0.15) is 0 Å². The fourth-order valence-corrected chi connectivity index (χ4v) is 1.63. The predicted octanol–water partition coefficient (Wildman–Crippen LogP) is 1.32. The lowest BCUT2D eigenvalue weighted by molar-refractivity contribution is -0.383. The number of carbonyl (C=O) groups is 2. The summed E-state index contributed by atoms with van der Waals surface area (Å²) in [7, 11) is 1.22. The van der Waals surface area contributed by atoms with Crippen LogP contribution in [0.3, 0.4) is 0 Å². The number of nitro groups is 1. The second-order valence-electron chi connectivity index (χ2n) is 4.56. The third kappa shape index (κ3) is 4.75. The van der Waals surface area contributed by atoms with Crippen molar-refractivity contribution in [2.45, 2.75) is 19.9 Å². The Balaban J connectivity index is 2.93. The number of nitro benzene ring substituents is 1. The average molecular weight is 295 g/mol. The van der Waals surface area contributed by atoms with E-state index in [0.717, 1.165) is 0 Å². The number of benzene rings is 1. The van der Waals surface area contributed by atoms with Crippen molar-refractivity contribution in [2.75, 3.05) is 19.0 Å². The summed E-state index contributed by atoms with van der Waals surface area (Å²) in [4.78, 5) is 33.3. The van der Waals surface area contributed by atoms with Crippen LogP contribution in [0.15, 0.2) is 18.2 Å². The summed E-state index contributed by atoms with van der Waals surface area (Å²) in [6.07, 6.45) is 0. The summed E-state index contributed by atoms with van der Waals surface area (Å²) in [6, 6.07) is 3.74. The van der Waals surface area contributed by atoms with E-state index in [1.807, 2.05) is 0 Å². The minimum atomic E-state index is -0.612. The Labute approximate surface area is 121 Å². The van der Waals surface area contributed by atoms with Crippen LogP contribution in [-0.2, 0) is 9.53 Å². The minimum absolute atomic E-state index is 0.0318. The molecule has 0 heterocycles. The van der Waals surface area contributed by atoms with Crippen LogP contribution in [0.5, 0.6) is 0 Å². The molecule has 1 aromatic carbocycles. The molecule has 2 N–H and O–H groups in total. The Morgan fingerprint density at radius 3 is 2.57 bits per heavy atom. The van der Waals surface area contributed by atoms with Crippen molar-refractivity contribution in [1.29, 1.82) is 0 Å². The maximum Gasteiger partial charge on any atom is 0.337 e. The van der Waals surface area contributed by atoms with Crippen molar-refractivity contribution in [1.82, 2.24) is 5.32 Å². The zero-order valence-corrected chi connectivity index (χ0v) is 12.0. The molecule has 8 nitrogen and oxygen atoms in total. The molecule has 0 radical (unpaired) electrons. The minimum Gasteiger partial charge on any atom is -0.465 e. The van der Waals surface area contributed by atoms with Gasteiger partial charge >= 0.3 is 5.97 Å². The number of nitrogens with one attached hydrogen (secondary N) is 2. The Kier molecular flexibility index (Phi) is 5.65. The van der Waals surface area contributed by atoms with Gasteiger partial charge in [-0.05, 0) is 26.0 Å². The van der Waals surface area contributed by atoms with Gasteiger partial charge in [0.15, 0.2) is 0 Å². The van der Waals surface area contributed by atoms with Gasteiger partial charge in [-0.3, -0.25) is 14.9 Å². The lowest BCUT2D eigenvalue weighted by atomic mass is 10.1. The van der Waals surface area contributed by atoms with Crippen LogP contribution < -0.4 is 10.6 Å². The van der Waals surface area contributed by atoms with E-state index >= 15 is 0 Å². The standard InChI is InChI=1S/C13H17N3O5/c1-8(2)15-12(17)7-14-10-6-9(13(18)21-3)4-5-11(10)16(19)20/h4-6,8,14H,7H2,1-3H3,(H,15,17). The van der Waals surface area contributed by atoms with Gasteiger partial charge in [-0.25, -0.2) is 4.79 Å². The highest BCUT2D eigenvalue weighted by Crippen LogP contribution is 2.25. The molecule has 114 valence electrons. The number of methoxy groups -OCH3 is 1. The zero-order chi connectivity index (χ0) is 16.0. The molecule has 0 aliphatic heterocycles. The number of nitrogens with zero attached hydrogens (tertiary/aromatic N) is 1. The van der Waals surface area contributed by atoms with Crippen LogP contribution in [0, 0.1) is 10.1 Å². The second kappa shape index (κ2) is 7.22. The van der Waals surface area contributed by atoms with E-state index in [0.29, 0.717) is 0 Å². The van der Waals surface area contributed by atoms with Gasteiger partial charge in [-0.1, -0.05) is 0 Å². The molecule has 0 saturated carbocycles. The molecule has 0 spiro atoms. The molecular formula is C13H17N3O5. The molecule has 0 bridgehead atoms. The van der Waals surface area contributed by atoms with Crippen LogP contribution in [0.4, 0.5) is 11.4 Å². The Bertz CT molecular complexity index is 557. The second-order valence-corrected chi connectivity index (χ2v) is 4.56. The third-order valence-electron chi connectivity index (χ3n) is 2.50. The lowest BCUT2D eigenvalue weighted by Gasteiger charge is -2.11. The molecule has 8 heteroatoms. The van der Waals surface area contributed by atoms with Gasteiger partial charge in [0.2, 0.25) is 5.91 Å². The quantitative estimate of drug-likeness (QED) is 0.465. The molecule has 0 atom stereocenters. The Hall–Kier alpha value is -2.64. The summed E-state index contributed by atoms with van der Waals surface area (Å²) < 4.78 is 4.55. The number of hydrogen-bond acceptors (Lipinski definition) is 6. The van der Waals surface area contributed by atoms with Crippen molar-refractivity contribution < 1.29 is 19.2 Å². The highest BCUT2D eigenvalue weighted by molar-refractivity contribution is 5.92. The largest absolute Gasteiger partial charge is 0.465 e. The first kappa shape index (κ1) is 16.4. The van der Waals surface area contributed by atoms with E-state index in [2.05, 4.69) is 15.4 Å². The highest BCUT2D eigenvalue weighted by Gasteiger charge is 2.17. The van der Waals surface area contributed by atoms with Crippen molar-refractivity contribution in [3.63, 3.8) is 0 Å². The summed E-state index contributed by atoms with van der Waals surface area (Å²) in [5.41, 5.74) is 0.0247. The fourth-order valence-electron chi connectivity index (χ4n) is 1.63. The number of hydrogen-bond donors (Lipinski definition) is 2. The van der Waals surface area contributed by atoms with E-state index in [4.69, 9.17) is 0 Å². The average Bonchev–Trinajstić information content (AvgIpc) is 2.43. The van der Waals surface area contributed by atoms with Gasteiger partial charge in [0, 0.05) is 12.1 Å². The first-order valence-electron chi connectivity index (χ1n) is 6.25. The van der Waals surface area contributed by atoms with Crippen LogP contribution in [-0.4, -0.2) is 36.5 Å². The Morgan fingerprint density at radius 1 is 1.38 bits per heavy atom. The van der Waals surface area contributed by atoms with Crippen molar-refractivity contribution in [2.24, 2.45) is 0 Å². The van der Waals surface area contributed by atoms with Crippen LogP contribution >= 0.6 is 0 Å². The van der Waals surface area contributed by atoms with E-state index in [-0.39, 0.29) is 35.4 Å². The number of rotatable bonds is 6. The number of amides is 1. The summed E-state index contributed by atoms with van der Waals surface area (Å²) in [5, 5.41) is 16.2. The summed E-state index contributed by atoms with van der Waals surface area (Å²) >= 11 is 0. The topological polar surface area (TPSA) is 111 Å². The van der Waals surface area contributed by atoms with E-state index in [1.165, 1.54) is 25.3 Å². The third-order valence-corrected chi connectivity index (χ3v) is 2.50. The van der Waals surface area contributed by atoms with Crippen molar-refractivity contribution in [3.8, 4) is 0 Å². The van der Waals surface area contributed by atoms with Gasteiger partial charge in [0.1, 0.15) is 5.69 Å². The van der Waals surface area contributed by atoms with Crippen LogP contribution in [0.1, 0.15) is 24.2 Å². The van der Waals surface area contributed by atoms with E-state index in [9.17, 15) is 19.7 Å². The lowest BCUT2D eigenvalue weighted by Crippen LogP contribution is -2.34. The monoisotopic (exact) mass is 295 g/mol. The molecule has 0 aliphatic carbocycles. The molecular weight excluding hydrogens is 278 g/mol. The maximum absolute atomic E-state index is 11.5. The normalized spacial score (nSPS) is 10.1. The molecule has 1 amide bonds. The number of esters is 1. The van der Waals surface area contributed by atoms with Crippen molar-refractivity contribution >= 4 is 23.3 Å². The number of carbonyl (C=O) groups excluding carboxylic acids is 2. The van der Waals surface area contributed by atoms with Gasteiger partial charge in [-0.15, -0.1) is 0 Å². The molecule has 0 aliphatic rings. The Morgan fingerprint density at radius 2 is 2.05 bits per heavy atom. The zero-order valence-electron chi connectivity index (χ0n) is 12.0. The summed E-state index contributed by atoms with van der Waals surface area (Å²) in [6.45, 7) is 3.47.